The number of hydrazine groups is 1. The fourth-order valence-corrected chi connectivity index (χ4v) is 3.13. The summed E-state index contributed by atoms with van der Waals surface area (Å²) in [6.45, 7) is 0.0924. The van der Waals surface area contributed by atoms with Crippen LogP contribution in [-0.2, 0) is 10.3 Å². The highest BCUT2D eigenvalue weighted by Gasteiger charge is 2.36. The zero-order valence-electron chi connectivity index (χ0n) is 13.9. The second-order valence-corrected chi connectivity index (χ2v) is 5.77. The number of hydrogen-bond acceptors (Lipinski definition) is 3. The van der Waals surface area contributed by atoms with Crippen molar-refractivity contribution < 1.29 is 4.79 Å². The molecule has 0 heterocycles. The van der Waals surface area contributed by atoms with Crippen molar-refractivity contribution in [3.05, 3.63) is 108 Å². The summed E-state index contributed by atoms with van der Waals surface area (Å²) in [4.78, 5) is 11.9. The molecule has 3 aromatic rings. The van der Waals surface area contributed by atoms with Gasteiger partial charge in [-0.3, -0.25) is 15.5 Å². The fraction of sp³-hybridized carbons (Fsp3) is 0.0952. The van der Waals surface area contributed by atoms with Crippen LogP contribution in [0.15, 0.2) is 91.0 Å². The third kappa shape index (κ3) is 3.45. The molecule has 1 amide bonds. The van der Waals surface area contributed by atoms with Crippen molar-refractivity contribution in [1.29, 1.82) is 0 Å². The summed E-state index contributed by atoms with van der Waals surface area (Å²) in [5, 5.41) is 3.44. The lowest BCUT2D eigenvalue weighted by molar-refractivity contribution is -0.120. The highest BCUT2D eigenvalue weighted by Crippen LogP contribution is 2.36. The Morgan fingerprint density at radius 3 is 1.40 bits per heavy atom. The average molecular weight is 331 g/mol. The van der Waals surface area contributed by atoms with E-state index in [0.717, 1.165) is 16.7 Å². The zero-order chi connectivity index (χ0) is 17.5. The van der Waals surface area contributed by atoms with E-state index in [1.54, 1.807) is 0 Å². The summed E-state index contributed by atoms with van der Waals surface area (Å²) in [6.07, 6.45) is 0. The molecule has 4 N–H and O–H groups in total. The standard InChI is InChI=1S/C21H21N3O/c22-24-20(25)16-23-21(17-10-4-1-5-11-17,18-12-6-2-7-13-18)19-14-8-3-9-15-19/h1-15,23H,16,22H2,(H,24,25). The molecule has 0 aliphatic rings. The summed E-state index contributed by atoms with van der Waals surface area (Å²) in [5.41, 5.74) is 4.69. The molecule has 0 bridgehead atoms. The first-order chi connectivity index (χ1) is 12.3. The number of carbonyl (C=O) groups excluding carboxylic acids is 1. The molecule has 25 heavy (non-hydrogen) atoms. The highest BCUT2D eigenvalue weighted by molar-refractivity contribution is 5.77. The van der Waals surface area contributed by atoms with Crippen molar-refractivity contribution in [2.24, 2.45) is 5.84 Å². The molecule has 0 aromatic heterocycles. The van der Waals surface area contributed by atoms with E-state index in [1.165, 1.54) is 0 Å². The number of rotatable bonds is 6. The molecule has 126 valence electrons. The monoisotopic (exact) mass is 331 g/mol. The van der Waals surface area contributed by atoms with E-state index < -0.39 is 5.54 Å². The van der Waals surface area contributed by atoms with Crippen molar-refractivity contribution in [2.45, 2.75) is 5.54 Å². The second-order valence-electron chi connectivity index (χ2n) is 5.77. The van der Waals surface area contributed by atoms with Crippen LogP contribution in [0.5, 0.6) is 0 Å². The summed E-state index contributed by atoms with van der Waals surface area (Å²) >= 11 is 0. The first-order valence-corrected chi connectivity index (χ1v) is 8.18. The molecule has 0 radical (unpaired) electrons. The van der Waals surface area contributed by atoms with Crippen LogP contribution in [0.3, 0.4) is 0 Å². The van der Waals surface area contributed by atoms with Crippen molar-refractivity contribution >= 4 is 5.91 Å². The molecule has 0 spiro atoms. The highest BCUT2D eigenvalue weighted by atomic mass is 16.2. The lowest BCUT2D eigenvalue weighted by atomic mass is 9.77. The largest absolute Gasteiger partial charge is 0.293 e. The molecule has 4 nitrogen and oxygen atoms in total. The van der Waals surface area contributed by atoms with Gasteiger partial charge in [0, 0.05) is 0 Å². The number of nitrogens with two attached hydrogens (primary N) is 1. The third-order valence-electron chi connectivity index (χ3n) is 4.30. The van der Waals surface area contributed by atoms with Crippen LogP contribution in [0.1, 0.15) is 16.7 Å². The Morgan fingerprint density at radius 2 is 1.08 bits per heavy atom. The van der Waals surface area contributed by atoms with Gasteiger partial charge in [-0.2, -0.15) is 0 Å². The molecule has 0 unspecified atom stereocenters. The van der Waals surface area contributed by atoms with Crippen molar-refractivity contribution in [1.82, 2.24) is 10.7 Å². The first kappa shape index (κ1) is 16.9. The minimum absolute atomic E-state index is 0.0924. The van der Waals surface area contributed by atoms with Gasteiger partial charge in [-0.05, 0) is 16.7 Å². The van der Waals surface area contributed by atoms with Gasteiger partial charge in [-0.25, -0.2) is 5.84 Å². The summed E-state index contributed by atoms with van der Waals surface area (Å²) in [6, 6.07) is 30.3. The van der Waals surface area contributed by atoms with Crippen molar-refractivity contribution in [3.63, 3.8) is 0 Å². The van der Waals surface area contributed by atoms with Crippen LogP contribution < -0.4 is 16.6 Å². The Labute approximate surface area is 147 Å². The van der Waals surface area contributed by atoms with Gasteiger partial charge >= 0.3 is 0 Å². The number of hydrogen-bond donors (Lipinski definition) is 3. The van der Waals surface area contributed by atoms with Gasteiger partial charge in [-0.1, -0.05) is 91.0 Å². The van der Waals surface area contributed by atoms with E-state index in [9.17, 15) is 4.79 Å². The molecule has 0 atom stereocenters. The molecule has 0 fully saturated rings. The topological polar surface area (TPSA) is 67.1 Å². The maximum Gasteiger partial charge on any atom is 0.247 e. The fourth-order valence-electron chi connectivity index (χ4n) is 3.13. The Hall–Kier alpha value is -2.95. The lowest BCUT2D eigenvalue weighted by Gasteiger charge is -2.37. The van der Waals surface area contributed by atoms with Crippen LogP contribution in [0.4, 0.5) is 0 Å². The van der Waals surface area contributed by atoms with E-state index in [4.69, 9.17) is 5.84 Å². The van der Waals surface area contributed by atoms with Gasteiger partial charge in [0.2, 0.25) is 5.91 Å². The molecule has 3 rings (SSSR count). The molecule has 0 aliphatic heterocycles. The Balaban J connectivity index is 2.22. The number of benzene rings is 3. The van der Waals surface area contributed by atoms with Gasteiger partial charge in [0.15, 0.2) is 0 Å². The minimum atomic E-state index is -0.656. The van der Waals surface area contributed by atoms with E-state index in [2.05, 4.69) is 47.1 Å². The summed E-state index contributed by atoms with van der Waals surface area (Å²) in [7, 11) is 0. The molecule has 0 saturated carbocycles. The lowest BCUT2D eigenvalue weighted by Crippen LogP contribution is -2.49. The second kappa shape index (κ2) is 7.75. The molecule has 0 aliphatic carbocycles. The maximum absolute atomic E-state index is 11.9. The van der Waals surface area contributed by atoms with Gasteiger partial charge in [0.1, 0.15) is 0 Å². The van der Waals surface area contributed by atoms with Crippen molar-refractivity contribution in [2.75, 3.05) is 6.54 Å². The predicted octanol–water partition coefficient (Wildman–Crippen LogP) is 2.56. The summed E-state index contributed by atoms with van der Waals surface area (Å²) < 4.78 is 0. The number of carbonyl (C=O) groups is 1. The number of nitrogens with one attached hydrogen (secondary N) is 2. The average Bonchev–Trinajstić information content (AvgIpc) is 2.71. The van der Waals surface area contributed by atoms with Gasteiger partial charge in [-0.15, -0.1) is 0 Å². The van der Waals surface area contributed by atoms with Crippen LogP contribution in [0.2, 0.25) is 0 Å². The van der Waals surface area contributed by atoms with Crippen molar-refractivity contribution in [3.8, 4) is 0 Å². The van der Waals surface area contributed by atoms with Crippen LogP contribution >= 0.6 is 0 Å². The normalized spacial score (nSPS) is 11.1. The van der Waals surface area contributed by atoms with Crippen LogP contribution in [0, 0.1) is 0 Å². The Morgan fingerprint density at radius 1 is 0.720 bits per heavy atom. The SMILES string of the molecule is NNC(=O)CNC(c1ccccc1)(c1ccccc1)c1ccccc1. The Bertz CT molecular complexity index is 708. The van der Waals surface area contributed by atoms with Gasteiger partial charge in [0.25, 0.3) is 0 Å². The first-order valence-electron chi connectivity index (χ1n) is 8.18. The van der Waals surface area contributed by atoms with Crippen LogP contribution in [-0.4, -0.2) is 12.5 Å². The molecule has 4 heteroatoms. The molecule has 3 aromatic carbocycles. The predicted molar refractivity (Wildman–Crippen MR) is 99.5 cm³/mol. The van der Waals surface area contributed by atoms with E-state index in [1.807, 2.05) is 54.6 Å². The quantitative estimate of drug-likeness (QED) is 0.281. The zero-order valence-corrected chi connectivity index (χ0v) is 13.9. The van der Waals surface area contributed by atoms with Gasteiger partial charge < -0.3 is 0 Å². The van der Waals surface area contributed by atoms with E-state index in [-0.39, 0.29) is 12.5 Å². The van der Waals surface area contributed by atoms with Crippen LogP contribution in [0.25, 0.3) is 0 Å². The maximum atomic E-state index is 11.9. The molecule has 0 saturated heterocycles. The smallest absolute Gasteiger partial charge is 0.247 e. The molecular weight excluding hydrogens is 310 g/mol. The van der Waals surface area contributed by atoms with E-state index in [0.29, 0.717) is 0 Å². The molecular formula is C21H21N3O. The van der Waals surface area contributed by atoms with E-state index >= 15 is 0 Å². The third-order valence-corrected chi connectivity index (χ3v) is 4.30. The minimum Gasteiger partial charge on any atom is -0.293 e. The Kier molecular flexibility index (Phi) is 5.23. The summed E-state index contributed by atoms with van der Waals surface area (Å²) in [5.74, 6) is 5.01. The van der Waals surface area contributed by atoms with Gasteiger partial charge in [0.05, 0.1) is 12.1 Å². The number of amides is 1.